The molecule has 2 rings (SSSR count). The molecular formula is C15H22N4OS. The van der Waals surface area contributed by atoms with Gasteiger partial charge in [0.15, 0.2) is 5.17 Å². The summed E-state index contributed by atoms with van der Waals surface area (Å²) in [6.07, 6.45) is 1.78. The number of rotatable bonds is 6. The van der Waals surface area contributed by atoms with Crippen LogP contribution in [-0.2, 0) is 11.3 Å². The van der Waals surface area contributed by atoms with Crippen LogP contribution in [0, 0.1) is 13.8 Å². The van der Waals surface area contributed by atoms with Crippen LogP contribution >= 0.6 is 11.8 Å². The minimum absolute atomic E-state index is 0.617. The molecule has 1 aliphatic heterocycles. The number of aliphatic imine (C=N–C) groups is 1. The maximum atomic E-state index is 5.17. The lowest BCUT2D eigenvalue weighted by molar-refractivity contribution is 0.186. The molecule has 6 heteroatoms. The van der Waals surface area contributed by atoms with Gasteiger partial charge in [-0.1, -0.05) is 17.8 Å². The Bertz CT molecular complexity index is 574. The molecule has 0 fully saturated rings. The highest BCUT2D eigenvalue weighted by molar-refractivity contribution is 8.16. The maximum absolute atomic E-state index is 5.17. The van der Waals surface area contributed by atoms with Crippen molar-refractivity contribution >= 4 is 22.6 Å². The number of hydrogen-bond acceptors (Lipinski definition) is 4. The molecule has 2 heterocycles. The molecule has 0 amide bonds. The van der Waals surface area contributed by atoms with Crippen LogP contribution in [0.1, 0.15) is 17.0 Å². The van der Waals surface area contributed by atoms with Gasteiger partial charge in [0.1, 0.15) is 0 Å². The Kier molecular flexibility index (Phi) is 5.52. The summed E-state index contributed by atoms with van der Waals surface area (Å²) in [4.78, 5) is 4.34. The summed E-state index contributed by atoms with van der Waals surface area (Å²) in [7, 11) is 1.73. The molecule has 0 aromatic carbocycles. The number of nitrogens with zero attached hydrogens (tertiary/aromatic N) is 2. The highest BCUT2D eigenvalue weighted by Crippen LogP contribution is 2.25. The second kappa shape index (κ2) is 7.38. The molecule has 1 aromatic rings. The zero-order valence-electron chi connectivity index (χ0n) is 12.8. The van der Waals surface area contributed by atoms with Gasteiger partial charge in [0.2, 0.25) is 0 Å². The van der Waals surface area contributed by atoms with E-state index in [9.17, 15) is 0 Å². The largest absolute Gasteiger partial charge is 0.383 e. The first-order valence-electron chi connectivity index (χ1n) is 6.87. The molecule has 0 bridgehead atoms. The minimum Gasteiger partial charge on any atom is -0.383 e. The van der Waals surface area contributed by atoms with E-state index in [1.807, 2.05) is 0 Å². The molecule has 5 nitrogen and oxygen atoms in total. The standard InChI is InChI=1S/C15H22N4OS/c1-5-6-16-15-18-17-14(10-21-15)13-9-11(2)19(12(13)3)7-8-20-4/h5,9-10,17H,1,6-8H2,2-4H3,(H,16,18). The van der Waals surface area contributed by atoms with E-state index in [4.69, 9.17) is 4.74 Å². The summed E-state index contributed by atoms with van der Waals surface area (Å²) >= 11 is 1.58. The molecule has 0 unspecified atom stereocenters. The van der Waals surface area contributed by atoms with E-state index in [-0.39, 0.29) is 0 Å². The lowest BCUT2D eigenvalue weighted by Gasteiger charge is -2.19. The number of hydrazine groups is 1. The van der Waals surface area contributed by atoms with Crippen LogP contribution in [0.3, 0.4) is 0 Å². The predicted octanol–water partition coefficient (Wildman–Crippen LogP) is 2.43. The summed E-state index contributed by atoms with van der Waals surface area (Å²) < 4.78 is 7.44. The Balaban J connectivity index is 2.16. The quantitative estimate of drug-likeness (QED) is 0.793. The van der Waals surface area contributed by atoms with Gasteiger partial charge in [0.25, 0.3) is 0 Å². The molecule has 1 aromatic heterocycles. The van der Waals surface area contributed by atoms with E-state index < -0.39 is 0 Å². The van der Waals surface area contributed by atoms with E-state index in [2.05, 4.69) is 52.3 Å². The molecule has 1 aliphatic rings. The lowest BCUT2D eigenvalue weighted by Crippen LogP contribution is -2.37. The highest BCUT2D eigenvalue weighted by atomic mass is 32.2. The number of aromatic nitrogens is 1. The van der Waals surface area contributed by atoms with Gasteiger partial charge in [-0.05, 0) is 19.9 Å². The van der Waals surface area contributed by atoms with Crippen molar-refractivity contribution in [3.05, 3.63) is 41.1 Å². The van der Waals surface area contributed by atoms with E-state index in [1.54, 1.807) is 24.9 Å². The van der Waals surface area contributed by atoms with Gasteiger partial charge in [0, 0.05) is 36.0 Å². The second-order valence-electron chi connectivity index (χ2n) is 4.76. The van der Waals surface area contributed by atoms with Crippen LogP contribution < -0.4 is 10.9 Å². The van der Waals surface area contributed by atoms with Gasteiger partial charge in [-0.25, -0.2) is 0 Å². The zero-order chi connectivity index (χ0) is 15.2. The SMILES string of the molecule is C=CCN=C1NNC(c2cc(C)n(CCOC)c2C)=CS1. The Morgan fingerprint density at radius 3 is 2.86 bits per heavy atom. The van der Waals surface area contributed by atoms with E-state index >= 15 is 0 Å². The molecule has 0 aliphatic carbocycles. The molecule has 0 saturated carbocycles. The van der Waals surface area contributed by atoms with Crippen molar-refractivity contribution in [2.45, 2.75) is 20.4 Å². The molecule has 0 atom stereocenters. The number of methoxy groups -OCH3 is 1. The number of amidine groups is 1. The summed E-state index contributed by atoms with van der Waals surface area (Å²) in [5.41, 5.74) is 11.1. The summed E-state index contributed by atoms with van der Waals surface area (Å²) in [6.45, 7) is 10.1. The Morgan fingerprint density at radius 2 is 2.24 bits per heavy atom. The van der Waals surface area contributed by atoms with Gasteiger partial charge < -0.3 is 9.30 Å². The predicted molar refractivity (Wildman–Crippen MR) is 90.1 cm³/mol. The highest BCUT2D eigenvalue weighted by Gasteiger charge is 2.16. The van der Waals surface area contributed by atoms with Crippen LogP contribution in [0.5, 0.6) is 0 Å². The van der Waals surface area contributed by atoms with Gasteiger partial charge in [-0.2, -0.15) is 0 Å². The van der Waals surface area contributed by atoms with Crippen molar-refractivity contribution in [1.29, 1.82) is 0 Å². The number of ether oxygens (including phenoxy) is 1. The average Bonchev–Trinajstić information content (AvgIpc) is 2.78. The number of aryl methyl sites for hydroxylation is 1. The Labute approximate surface area is 130 Å². The fourth-order valence-electron chi connectivity index (χ4n) is 2.25. The summed E-state index contributed by atoms with van der Waals surface area (Å²) in [5, 5.41) is 2.94. The summed E-state index contributed by atoms with van der Waals surface area (Å²) in [6, 6.07) is 2.19. The van der Waals surface area contributed by atoms with Crippen molar-refractivity contribution in [3.8, 4) is 0 Å². The van der Waals surface area contributed by atoms with Crippen LogP contribution in [0.15, 0.2) is 29.1 Å². The molecular weight excluding hydrogens is 284 g/mol. The zero-order valence-corrected chi connectivity index (χ0v) is 13.6. The smallest absolute Gasteiger partial charge is 0.180 e. The number of thioether (sulfide) groups is 1. The normalized spacial score (nSPS) is 16.3. The third kappa shape index (κ3) is 3.71. The third-order valence-electron chi connectivity index (χ3n) is 3.34. The molecule has 2 N–H and O–H groups in total. The molecule has 0 saturated heterocycles. The van der Waals surface area contributed by atoms with Crippen molar-refractivity contribution in [2.75, 3.05) is 20.3 Å². The molecule has 21 heavy (non-hydrogen) atoms. The first-order chi connectivity index (χ1) is 10.2. The first kappa shape index (κ1) is 15.7. The van der Waals surface area contributed by atoms with Gasteiger partial charge in [-0.3, -0.25) is 15.8 Å². The fraction of sp³-hybridized carbons (Fsp3) is 0.400. The van der Waals surface area contributed by atoms with Crippen LogP contribution in [0.25, 0.3) is 5.70 Å². The van der Waals surface area contributed by atoms with Crippen LogP contribution in [-0.4, -0.2) is 30.0 Å². The van der Waals surface area contributed by atoms with E-state index in [0.29, 0.717) is 13.2 Å². The molecule has 114 valence electrons. The van der Waals surface area contributed by atoms with Gasteiger partial charge in [0.05, 0.1) is 18.8 Å². The maximum Gasteiger partial charge on any atom is 0.180 e. The third-order valence-corrected chi connectivity index (χ3v) is 4.15. The minimum atomic E-state index is 0.617. The lowest BCUT2D eigenvalue weighted by atomic mass is 10.2. The number of hydrogen-bond donors (Lipinski definition) is 2. The van der Waals surface area contributed by atoms with Crippen molar-refractivity contribution in [1.82, 2.24) is 15.4 Å². The summed E-state index contributed by atoms with van der Waals surface area (Å²) in [5.74, 6) is 0. The second-order valence-corrected chi connectivity index (χ2v) is 5.62. The number of nitrogens with one attached hydrogen (secondary N) is 2. The van der Waals surface area contributed by atoms with E-state index in [1.165, 1.54) is 17.0 Å². The average molecular weight is 306 g/mol. The van der Waals surface area contributed by atoms with Crippen molar-refractivity contribution in [3.63, 3.8) is 0 Å². The van der Waals surface area contributed by atoms with Crippen LogP contribution in [0.2, 0.25) is 0 Å². The monoisotopic (exact) mass is 306 g/mol. The van der Waals surface area contributed by atoms with Crippen LogP contribution in [0.4, 0.5) is 0 Å². The Morgan fingerprint density at radius 1 is 1.43 bits per heavy atom. The molecule has 0 spiro atoms. The first-order valence-corrected chi connectivity index (χ1v) is 7.75. The Hall–Kier alpha value is -1.66. The van der Waals surface area contributed by atoms with Crippen molar-refractivity contribution in [2.24, 2.45) is 4.99 Å². The fourth-order valence-corrected chi connectivity index (χ4v) is 2.92. The van der Waals surface area contributed by atoms with E-state index in [0.717, 1.165) is 17.4 Å². The van der Waals surface area contributed by atoms with Gasteiger partial charge >= 0.3 is 0 Å². The van der Waals surface area contributed by atoms with Crippen molar-refractivity contribution < 1.29 is 4.74 Å². The van der Waals surface area contributed by atoms with Gasteiger partial charge in [-0.15, -0.1) is 6.58 Å². The molecule has 0 radical (unpaired) electrons. The topological polar surface area (TPSA) is 50.6 Å².